The van der Waals surface area contributed by atoms with Crippen molar-refractivity contribution < 1.29 is 9.53 Å². The van der Waals surface area contributed by atoms with E-state index in [2.05, 4.69) is 34.3 Å². The summed E-state index contributed by atoms with van der Waals surface area (Å²) < 4.78 is 4.66. The first-order valence-electron chi connectivity index (χ1n) is 6.10. The van der Waals surface area contributed by atoms with Crippen LogP contribution in [0.15, 0.2) is 24.3 Å². The second kappa shape index (κ2) is 5.32. The van der Waals surface area contributed by atoms with Crippen LogP contribution in [-0.2, 0) is 16.1 Å². The van der Waals surface area contributed by atoms with E-state index in [1.807, 2.05) is 6.92 Å². The van der Waals surface area contributed by atoms with E-state index < -0.39 is 0 Å². The molecule has 0 saturated heterocycles. The number of hydrogen-bond acceptors (Lipinski definition) is 3. The normalized spacial score (nSPS) is 16.6. The SMILES string of the molecule is COC(=O)[C@H](C)NCc1ccc(C2CC2)cc1. The van der Waals surface area contributed by atoms with Crippen LogP contribution >= 0.6 is 0 Å². The van der Waals surface area contributed by atoms with Crippen molar-refractivity contribution in [1.82, 2.24) is 5.32 Å². The third-order valence-electron chi connectivity index (χ3n) is 3.20. The van der Waals surface area contributed by atoms with Crippen LogP contribution in [-0.4, -0.2) is 19.1 Å². The molecule has 1 aliphatic rings. The van der Waals surface area contributed by atoms with Gasteiger partial charge in [-0.1, -0.05) is 24.3 Å². The molecule has 1 atom stereocenters. The lowest BCUT2D eigenvalue weighted by Crippen LogP contribution is -2.34. The molecule has 1 aromatic carbocycles. The summed E-state index contributed by atoms with van der Waals surface area (Å²) in [6, 6.07) is 8.38. The molecule has 0 radical (unpaired) electrons. The van der Waals surface area contributed by atoms with Crippen LogP contribution in [0.2, 0.25) is 0 Å². The fourth-order valence-electron chi connectivity index (χ4n) is 1.86. The third kappa shape index (κ3) is 3.30. The lowest BCUT2D eigenvalue weighted by Gasteiger charge is -2.11. The number of ether oxygens (including phenoxy) is 1. The number of hydrogen-bond donors (Lipinski definition) is 1. The quantitative estimate of drug-likeness (QED) is 0.792. The van der Waals surface area contributed by atoms with Gasteiger partial charge in [-0.25, -0.2) is 0 Å². The maximum atomic E-state index is 11.2. The minimum atomic E-state index is -0.261. The molecule has 0 heterocycles. The molecule has 0 bridgehead atoms. The maximum absolute atomic E-state index is 11.2. The molecule has 1 fully saturated rings. The van der Waals surface area contributed by atoms with Crippen molar-refractivity contribution in [2.75, 3.05) is 7.11 Å². The first-order valence-corrected chi connectivity index (χ1v) is 6.10. The number of rotatable bonds is 5. The van der Waals surface area contributed by atoms with E-state index in [9.17, 15) is 4.79 Å². The molecule has 0 spiro atoms. The van der Waals surface area contributed by atoms with Gasteiger partial charge in [0.25, 0.3) is 0 Å². The minimum absolute atomic E-state index is 0.223. The molecular weight excluding hydrogens is 214 g/mol. The smallest absolute Gasteiger partial charge is 0.322 e. The number of nitrogens with one attached hydrogen (secondary N) is 1. The summed E-state index contributed by atoms with van der Waals surface area (Å²) in [7, 11) is 1.41. The van der Waals surface area contributed by atoms with Gasteiger partial charge in [0.1, 0.15) is 6.04 Å². The highest BCUT2D eigenvalue weighted by atomic mass is 16.5. The minimum Gasteiger partial charge on any atom is -0.468 e. The first kappa shape index (κ1) is 12.1. The zero-order valence-corrected chi connectivity index (χ0v) is 10.4. The Kier molecular flexibility index (Phi) is 3.79. The van der Waals surface area contributed by atoms with E-state index in [-0.39, 0.29) is 12.0 Å². The fraction of sp³-hybridized carbons (Fsp3) is 0.500. The van der Waals surface area contributed by atoms with Gasteiger partial charge in [0.05, 0.1) is 7.11 Å². The van der Waals surface area contributed by atoms with Crippen LogP contribution in [0.1, 0.15) is 36.8 Å². The van der Waals surface area contributed by atoms with Crippen molar-refractivity contribution in [3.8, 4) is 0 Å². The number of carbonyl (C=O) groups excluding carboxylic acids is 1. The number of methoxy groups -OCH3 is 1. The molecule has 2 rings (SSSR count). The van der Waals surface area contributed by atoms with Crippen LogP contribution in [0.25, 0.3) is 0 Å². The van der Waals surface area contributed by atoms with Gasteiger partial charge >= 0.3 is 5.97 Å². The van der Waals surface area contributed by atoms with Crippen molar-refractivity contribution in [1.29, 1.82) is 0 Å². The van der Waals surface area contributed by atoms with E-state index >= 15 is 0 Å². The number of carbonyl (C=O) groups is 1. The Morgan fingerprint density at radius 2 is 2.06 bits per heavy atom. The summed E-state index contributed by atoms with van der Waals surface area (Å²) in [5.41, 5.74) is 2.64. The van der Waals surface area contributed by atoms with Crippen LogP contribution < -0.4 is 5.32 Å². The maximum Gasteiger partial charge on any atom is 0.322 e. The lowest BCUT2D eigenvalue weighted by molar-refractivity contribution is -0.142. The molecule has 1 N–H and O–H groups in total. The Bertz CT molecular complexity index is 382. The van der Waals surface area contributed by atoms with Crippen molar-refractivity contribution in [2.45, 2.75) is 38.3 Å². The van der Waals surface area contributed by atoms with Gasteiger partial charge in [-0.3, -0.25) is 4.79 Å². The van der Waals surface area contributed by atoms with Gasteiger partial charge in [-0.2, -0.15) is 0 Å². The van der Waals surface area contributed by atoms with Crippen molar-refractivity contribution >= 4 is 5.97 Å². The van der Waals surface area contributed by atoms with Crippen LogP contribution in [0.3, 0.4) is 0 Å². The van der Waals surface area contributed by atoms with Gasteiger partial charge in [0.2, 0.25) is 0 Å². The Morgan fingerprint density at radius 1 is 1.41 bits per heavy atom. The second-order valence-electron chi connectivity index (χ2n) is 4.64. The fourth-order valence-corrected chi connectivity index (χ4v) is 1.86. The molecule has 3 heteroatoms. The van der Waals surface area contributed by atoms with Crippen LogP contribution in [0.4, 0.5) is 0 Å². The standard InChI is InChI=1S/C14H19NO2/c1-10(14(16)17-2)15-9-11-3-5-12(6-4-11)13-7-8-13/h3-6,10,13,15H,7-9H2,1-2H3/t10-/m0/s1. The average Bonchev–Trinajstić information content (AvgIpc) is 3.20. The number of benzene rings is 1. The molecule has 0 amide bonds. The monoisotopic (exact) mass is 233 g/mol. The van der Waals surface area contributed by atoms with Crippen molar-refractivity contribution in [3.05, 3.63) is 35.4 Å². The molecule has 0 aromatic heterocycles. The zero-order valence-electron chi connectivity index (χ0n) is 10.4. The van der Waals surface area contributed by atoms with E-state index in [1.165, 1.54) is 31.1 Å². The summed E-state index contributed by atoms with van der Waals surface area (Å²) in [6.07, 6.45) is 2.66. The zero-order chi connectivity index (χ0) is 12.3. The lowest BCUT2D eigenvalue weighted by atomic mass is 10.1. The van der Waals surface area contributed by atoms with Crippen molar-refractivity contribution in [3.63, 3.8) is 0 Å². The highest BCUT2D eigenvalue weighted by Crippen LogP contribution is 2.39. The summed E-state index contributed by atoms with van der Waals surface area (Å²) in [5, 5.41) is 3.14. The Morgan fingerprint density at radius 3 is 2.59 bits per heavy atom. The van der Waals surface area contributed by atoms with Crippen LogP contribution in [0, 0.1) is 0 Å². The van der Waals surface area contributed by atoms with E-state index in [0.29, 0.717) is 6.54 Å². The predicted molar refractivity (Wildman–Crippen MR) is 66.7 cm³/mol. The highest BCUT2D eigenvalue weighted by molar-refractivity contribution is 5.75. The average molecular weight is 233 g/mol. The molecule has 17 heavy (non-hydrogen) atoms. The molecule has 1 aliphatic carbocycles. The van der Waals surface area contributed by atoms with Gasteiger partial charge in [-0.15, -0.1) is 0 Å². The Balaban J connectivity index is 1.84. The Hall–Kier alpha value is -1.35. The van der Waals surface area contributed by atoms with E-state index in [4.69, 9.17) is 0 Å². The number of esters is 1. The molecule has 92 valence electrons. The molecule has 1 aromatic rings. The second-order valence-corrected chi connectivity index (χ2v) is 4.64. The van der Waals surface area contributed by atoms with Gasteiger partial charge < -0.3 is 10.1 Å². The van der Waals surface area contributed by atoms with Gasteiger partial charge in [-0.05, 0) is 36.8 Å². The van der Waals surface area contributed by atoms with E-state index in [1.54, 1.807) is 0 Å². The summed E-state index contributed by atoms with van der Waals surface area (Å²) in [5.74, 6) is 0.575. The third-order valence-corrected chi connectivity index (χ3v) is 3.20. The first-order chi connectivity index (χ1) is 8.20. The van der Waals surface area contributed by atoms with Gasteiger partial charge in [0.15, 0.2) is 0 Å². The molecule has 1 saturated carbocycles. The van der Waals surface area contributed by atoms with Crippen molar-refractivity contribution in [2.24, 2.45) is 0 Å². The Labute approximate surface area is 102 Å². The molecular formula is C14H19NO2. The predicted octanol–water partition coefficient (Wildman–Crippen LogP) is 2.22. The summed E-state index contributed by atoms with van der Waals surface area (Å²) in [4.78, 5) is 11.2. The van der Waals surface area contributed by atoms with Crippen LogP contribution in [0.5, 0.6) is 0 Å². The van der Waals surface area contributed by atoms with Gasteiger partial charge in [0, 0.05) is 6.54 Å². The van der Waals surface area contributed by atoms with E-state index in [0.717, 1.165) is 5.92 Å². The summed E-state index contributed by atoms with van der Waals surface area (Å²) >= 11 is 0. The molecule has 0 unspecified atom stereocenters. The molecule has 0 aliphatic heterocycles. The molecule has 3 nitrogen and oxygen atoms in total. The topological polar surface area (TPSA) is 38.3 Å². The highest BCUT2D eigenvalue weighted by Gasteiger charge is 2.22. The largest absolute Gasteiger partial charge is 0.468 e. The summed E-state index contributed by atoms with van der Waals surface area (Å²) in [6.45, 7) is 2.51.